The van der Waals surface area contributed by atoms with Gasteiger partial charge in [-0.2, -0.15) is 5.26 Å². The van der Waals surface area contributed by atoms with E-state index in [2.05, 4.69) is 15.4 Å². The maximum atomic E-state index is 12.4. The second kappa shape index (κ2) is 9.95. The number of benzene rings is 2. The molecule has 0 aliphatic carbocycles. The fraction of sp³-hybridized carbons (Fsp3) is 0.100. The third-order valence-corrected chi connectivity index (χ3v) is 4.17. The summed E-state index contributed by atoms with van der Waals surface area (Å²) in [6.07, 6.45) is 1.09. The third-order valence-electron chi connectivity index (χ3n) is 3.84. The van der Waals surface area contributed by atoms with E-state index in [0.717, 1.165) is 6.20 Å². The van der Waals surface area contributed by atoms with Gasteiger partial charge in [-0.3, -0.25) is 4.79 Å². The summed E-state index contributed by atoms with van der Waals surface area (Å²) >= 11 is 5.92. The number of hydrogen-bond donors (Lipinski definition) is 3. The number of esters is 2. The Kier molecular flexibility index (Phi) is 7.38. The molecule has 0 spiro atoms. The molecular formula is C20H17ClN4O5. The van der Waals surface area contributed by atoms with Gasteiger partial charge >= 0.3 is 11.9 Å². The van der Waals surface area contributed by atoms with Crippen molar-refractivity contribution < 1.29 is 23.9 Å². The van der Waals surface area contributed by atoms with Crippen molar-refractivity contribution in [2.24, 2.45) is 0 Å². The molecule has 0 saturated heterocycles. The normalized spacial score (nSPS) is 10.5. The highest BCUT2D eigenvalue weighted by Gasteiger charge is 2.16. The van der Waals surface area contributed by atoms with Gasteiger partial charge in [0, 0.05) is 11.9 Å². The Morgan fingerprint density at radius 1 is 1.10 bits per heavy atom. The van der Waals surface area contributed by atoms with E-state index in [0.29, 0.717) is 11.4 Å². The number of carbonyl (C=O) groups excluding carboxylic acids is 3. The molecule has 0 aromatic heterocycles. The predicted octanol–water partition coefficient (Wildman–Crippen LogP) is 2.95. The second-order valence-corrected chi connectivity index (χ2v) is 6.16. The number of anilines is 3. The molecule has 0 heterocycles. The van der Waals surface area contributed by atoms with E-state index in [1.54, 1.807) is 6.07 Å². The molecule has 0 unspecified atom stereocenters. The fourth-order valence-corrected chi connectivity index (χ4v) is 2.48. The zero-order valence-corrected chi connectivity index (χ0v) is 16.7. The molecular weight excluding hydrogens is 412 g/mol. The van der Waals surface area contributed by atoms with Gasteiger partial charge in [0.25, 0.3) is 5.91 Å². The second-order valence-electron chi connectivity index (χ2n) is 5.75. The van der Waals surface area contributed by atoms with Crippen molar-refractivity contribution in [3.63, 3.8) is 0 Å². The number of carbonyl (C=O) groups is 3. The van der Waals surface area contributed by atoms with E-state index >= 15 is 0 Å². The fourth-order valence-electron chi connectivity index (χ4n) is 2.30. The highest BCUT2D eigenvalue weighted by Crippen LogP contribution is 2.23. The molecule has 0 radical (unpaired) electrons. The van der Waals surface area contributed by atoms with Gasteiger partial charge in [-0.25, -0.2) is 9.59 Å². The molecule has 0 saturated carbocycles. The van der Waals surface area contributed by atoms with E-state index in [-0.39, 0.29) is 27.4 Å². The minimum atomic E-state index is -0.727. The van der Waals surface area contributed by atoms with Crippen molar-refractivity contribution in [3.8, 4) is 6.07 Å². The van der Waals surface area contributed by atoms with Crippen molar-refractivity contribution in [1.82, 2.24) is 0 Å². The maximum Gasteiger partial charge on any atom is 0.339 e. The Morgan fingerprint density at radius 2 is 1.80 bits per heavy atom. The van der Waals surface area contributed by atoms with Crippen molar-refractivity contribution in [2.75, 3.05) is 30.6 Å². The van der Waals surface area contributed by atoms with Crippen LogP contribution in [-0.4, -0.2) is 32.1 Å². The van der Waals surface area contributed by atoms with Crippen LogP contribution in [-0.2, 0) is 14.3 Å². The smallest absolute Gasteiger partial charge is 0.339 e. The van der Waals surface area contributed by atoms with Gasteiger partial charge in [-0.05, 0) is 36.4 Å². The van der Waals surface area contributed by atoms with Crippen LogP contribution < -0.4 is 16.4 Å². The first-order valence-corrected chi connectivity index (χ1v) is 8.72. The Hall–Kier alpha value is -4.03. The first-order chi connectivity index (χ1) is 14.3. The van der Waals surface area contributed by atoms with Crippen molar-refractivity contribution in [2.45, 2.75) is 0 Å². The zero-order chi connectivity index (χ0) is 22.3. The lowest BCUT2D eigenvalue weighted by Gasteiger charge is -2.10. The molecule has 0 fully saturated rings. The van der Waals surface area contributed by atoms with Gasteiger partial charge < -0.3 is 25.8 Å². The molecule has 154 valence electrons. The average Bonchev–Trinajstić information content (AvgIpc) is 2.75. The Labute approximate surface area is 177 Å². The SMILES string of the molecule is COC(=O)c1ccc(C(=O)OC)c(N/C=C(/C#N)C(=O)Nc2ccc(N)c(Cl)c2)c1. The van der Waals surface area contributed by atoms with Crippen LogP contribution in [0.3, 0.4) is 0 Å². The molecule has 4 N–H and O–H groups in total. The third kappa shape index (κ3) is 5.27. The Morgan fingerprint density at radius 3 is 2.40 bits per heavy atom. The van der Waals surface area contributed by atoms with Crippen molar-refractivity contribution in [1.29, 1.82) is 5.26 Å². The summed E-state index contributed by atoms with van der Waals surface area (Å²) in [5.41, 5.74) is 6.38. The molecule has 0 aliphatic rings. The van der Waals surface area contributed by atoms with Crippen LogP contribution in [0.4, 0.5) is 17.1 Å². The predicted molar refractivity (Wildman–Crippen MR) is 111 cm³/mol. The Balaban J connectivity index is 2.30. The van der Waals surface area contributed by atoms with Gasteiger partial charge in [0.05, 0.1) is 41.7 Å². The molecule has 1 amide bonds. The number of nitriles is 1. The summed E-state index contributed by atoms with van der Waals surface area (Å²) < 4.78 is 9.35. The molecule has 0 atom stereocenters. The number of halogens is 1. The quantitative estimate of drug-likeness (QED) is 0.275. The molecule has 2 aromatic rings. The molecule has 9 nitrogen and oxygen atoms in total. The lowest BCUT2D eigenvalue weighted by molar-refractivity contribution is -0.112. The van der Waals surface area contributed by atoms with Crippen molar-refractivity contribution >= 4 is 46.5 Å². The van der Waals surface area contributed by atoms with Gasteiger partial charge in [-0.1, -0.05) is 11.6 Å². The van der Waals surface area contributed by atoms with Crippen molar-refractivity contribution in [3.05, 3.63) is 64.3 Å². The van der Waals surface area contributed by atoms with Crippen LogP contribution in [0.25, 0.3) is 0 Å². The van der Waals surface area contributed by atoms with E-state index in [1.807, 2.05) is 0 Å². The van der Waals surface area contributed by atoms with Crippen LogP contribution in [0, 0.1) is 11.3 Å². The van der Waals surface area contributed by atoms with Crippen LogP contribution in [0.2, 0.25) is 5.02 Å². The largest absolute Gasteiger partial charge is 0.465 e. The minimum absolute atomic E-state index is 0.0874. The number of nitrogen functional groups attached to an aromatic ring is 1. The van der Waals surface area contributed by atoms with E-state index in [4.69, 9.17) is 22.1 Å². The summed E-state index contributed by atoms with van der Waals surface area (Å²) in [5.74, 6) is -2.03. The first kappa shape index (κ1) is 22.3. The van der Waals surface area contributed by atoms with Crippen LogP contribution >= 0.6 is 11.6 Å². The molecule has 2 rings (SSSR count). The Bertz CT molecular complexity index is 1080. The summed E-state index contributed by atoms with van der Waals surface area (Å²) in [5, 5.41) is 14.8. The number of amides is 1. The number of methoxy groups -OCH3 is 2. The van der Waals surface area contributed by atoms with Crippen LogP contribution in [0.15, 0.2) is 48.2 Å². The number of nitrogens with two attached hydrogens (primary N) is 1. The highest BCUT2D eigenvalue weighted by atomic mass is 35.5. The van der Waals surface area contributed by atoms with Crippen LogP contribution in [0.5, 0.6) is 0 Å². The first-order valence-electron chi connectivity index (χ1n) is 8.34. The molecule has 0 bridgehead atoms. The number of hydrogen-bond acceptors (Lipinski definition) is 8. The van der Waals surface area contributed by atoms with Gasteiger partial charge in [0.2, 0.25) is 0 Å². The highest BCUT2D eigenvalue weighted by molar-refractivity contribution is 6.33. The lowest BCUT2D eigenvalue weighted by Crippen LogP contribution is -2.15. The number of rotatable bonds is 6. The summed E-state index contributed by atoms with van der Waals surface area (Å²) in [7, 11) is 2.41. The number of nitrogens with zero attached hydrogens (tertiary/aromatic N) is 1. The van der Waals surface area contributed by atoms with Gasteiger partial charge in [0.15, 0.2) is 0 Å². The van der Waals surface area contributed by atoms with E-state index < -0.39 is 17.8 Å². The lowest BCUT2D eigenvalue weighted by atomic mass is 10.1. The number of ether oxygens (including phenoxy) is 2. The van der Waals surface area contributed by atoms with Gasteiger partial charge in [0.1, 0.15) is 11.6 Å². The molecule has 10 heteroatoms. The molecule has 2 aromatic carbocycles. The number of nitrogens with one attached hydrogen (secondary N) is 2. The van der Waals surface area contributed by atoms with Crippen LogP contribution in [0.1, 0.15) is 20.7 Å². The minimum Gasteiger partial charge on any atom is -0.465 e. The summed E-state index contributed by atoms with van der Waals surface area (Å²) in [6, 6.07) is 10.3. The van der Waals surface area contributed by atoms with Gasteiger partial charge in [-0.15, -0.1) is 0 Å². The molecule has 30 heavy (non-hydrogen) atoms. The van der Waals surface area contributed by atoms with E-state index in [1.165, 1.54) is 50.6 Å². The average molecular weight is 429 g/mol. The van der Waals surface area contributed by atoms with E-state index in [9.17, 15) is 19.6 Å². The molecule has 0 aliphatic heterocycles. The topological polar surface area (TPSA) is 144 Å². The zero-order valence-electron chi connectivity index (χ0n) is 16.0. The summed E-state index contributed by atoms with van der Waals surface area (Å²) in [4.78, 5) is 36.1. The summed E-state index contributed by atoms with van der Waals surface area (Å²) in [6.45, 7) is 0. The monoisotopic (exact) mass is 428 g/mol. The standard InChI is InChI=1S/C20H17ClN4O5/c1-29-19(27)11-3-5-14(20(28)30-2)17(7-11)24-10-12(9-22)18(26)25-13-4-6-16(23)15(21)8-13/h3-8,10,24H,23H2,1-2H3,(H,25,26)/b12-10-. The maximum absolute atomic E-state index is 12.4.